The Hall–Kier alpha value is -3.76. The van der Waals surface area contributed by atoms with Gasteiger partial charge in [0.2, 0.25) is 0 Å². The van der Waals surface area contributed by atoms with Gasteiger partial charge in [-0.1, -0.05) is 91.0 Å². The molecule has 0 spiro atoms. The Morgan fingerprint density at radius 2 is 1.21 bits per heavy atom. The molecule has 0 amide bonds. The van der Waals surface area contributed by atoms with E-state index in [9.17, 15) is 14.7 Å². The number of hydrogen-bond donors (Lipinski definition) is 1. The van der Waals surface area contributed by atoms with E-state index in [0.717, 1.165) is 21.9 Å². The van der Waals surface area contributed by atoms with E-state index in [4.69, 9.17) is 4.74 Å². The minimum absolute atomic E-state index is 0.257. The van der Waals surface area contributed by atoms with Crippen LogP contribution in [0.4, 0.5) is 0 Å². The number of aliphatic hydroxyl groups is 1. The Morgan fingerprint density at radius 1 is 0.667 bits per heavy atom. The molecule has 4 heteroatoms. The van der Waals surface area contributed by atoms with Gasteiger partial charge in [0, 0.05) is 17.8 Å². The SMILES string of the molecule is O=C(CO)C1C(c2ccccc2)C(C(=O)Oc2ccc3ccccc3c2)[C@H]1c1ccccc1. The molecule has 1 N–H and O–H groups in total. The van der Waals surface area contributed by atoms with E-state index >= 15 is 0 Å². The molecular formula is C29H24O4. The van der Waals surface area contributed by atoms with Gasteiger partial charge in [0.25, 0.3) is 0 Å². The molecule has 0 saturated heterocycles. The van der Waals surface area contributed by atoms with E-state index in [1.807, 2.05) is 97.1 Å². The normalized spacial score (nSPS) is 21.8. The molecule has 4 nitrogen and oxygen atoms in total. The number of hydrogen-bond acceptors (Lipinski definition) is 4. The summed E-state index contributed by atoms with van der Waals surface area (Å²) in [5, 5.41) is 11.8. The fraction of sp³-hybridized carbons (Fsp3) is 0.172. The van der Waals surface area contributed by atoms with Gasteiger partial charge in [0.15, 0.2) is 5.78 Å². The molecule has 3 unspecified atom stereocenters. The van der Waals surface area contributed by atoms with Crippen LogP contribution in [-0.4, -0.2) is 23.5 Å². The maximum Gasteiger partial charge on any atom is 0.315 e. The van der Waals surface area contributed by atoms with E-state index in [1.54, 1.807) is 6.07 Å². The first kappa shape index (κ1) is 21.1. The first-order valence-electron chi connectivity index (χ1n) is 11.1. The molecule has 4 aromatic carbocycles. The smallest absolute Gasteiger partial charge is 0.315 e. The second-order valence-corrected chi connectivity index (χ2v) is 8.48. The fourth-order valence-electron chi connectivity index (χ4n) is 5.14. The van der Waals surface area contributed by atoms with Crippen molar-refractivity contribution in [1.29, 1.82) is 0 Å². The molecule has 1 aliphatic rings. The number of esters is 1. The molecule has 4 atom stereocenters. The summed E-state index contributed by atoms with van der Waals surface area (Å²) in [4.78, 5) is 26.4. The zero-order valence-corrected chi connectivity index (χ0v) is 18.0. The van der Waals surface area contributed by atoms with Gasteiger partial charge in [0.05, 0.1) is 5.92 Å². The topological polar surface area (TPSA) is 63.6 Å². The third-order valence-electron chi connectivity index (χ3n) is 6.66. The first-order chi connectivity index (χ1) is 16.2. The van der Waals surface area contributed by atoms with Crippen LogP contribution in [0.5, 0.6) is 5.75 Å². The highest BCUT2D eigenvalue weighted by Crippen LogP contribution is 2.58. The van der Waals surface area contributed by atoms with Crippen molar-refractivity contribution in [3.8, 4) is 5.75 Å². The van der Waals surface area contributed by atoms with Gasteiger partial charge in [-0.05, 0) is 34.0 Å². The Kier molecular flexibility index (Phi) is 5.76. The Labute approximate surface area is 192 Å². The molecule has 0 aliphatic heterocycles. The largest absolute Gasteiger partial charge is 0.426 e. The maximum atomic E-state index is 13.6. The fourth-order valence-corrected chi connectivity index (χ4v) is 5.14. The minimum Gasteiger partial charge on any atom is -0.426 e. The molecule has 5 rings (SSSR count). The summed E-state index contributed by atoms with van der Waals surface area (Å²) in [6, 6.07) is 32.6. The quantitative estimate of drug-likeness (QED) is 0.337. The van der Waals surface area contributed by atoms with Crippen molar-refractivity contribution in [2.24, 2.45) is 11.8 Å². The molecular weight excluding hydrogens is 412 g/mol. The van der Waals surface area contributed by atoms with E-state index in [2.05, 4.69) is 0 Å². The van der Waals surface area contributed by atoms with Crippen LogP contribution in [0.25, 0.3) is 10.8 Å². The minimum atomic E-state index is -0.552. The van der Waals surface area contributed by atoms with E-state index in [-0.39, 0.29) is 23.6 Å². The van der Waals surface area contributed by atoms with Crippen LogP contribution in [0.2, 0.25) is 0 Å². The van der Waals surface area contributed by atoms with Crippen LogP contribution >= 0.6 is 0 Å². The number of rotatable bonds is 6. The molecule has 4 aromatic rings. The lowest BCUT2D eigenvalue weighted by atomic mass is 9.51. The van der Waals surface area contributed by atoms with Gasteiger partial charge >= 0.3 is 5.97 Å². The summed E-state index contributed by atoms with van der Waals surface area (Å²) in [5.74, 6) is -1.89. The van der Waals surface area contributed by atoms with Gasteiger partial charge in [0.1, 0.15) is 12.4 Å². The lowest BCUT2D eigenvalue weighted by molar-refractivity contribution is -0.151. The molecule has 1 aliphatic carbocycles. The molecule has 0 heterocycles. The maximum absolute atomic E-state index is 13.6. The third-order valence-corrected chi connectivity index (χ3v) is 6.66. The van der Waals surface area contributed by atoms with Crippen LogP contribution in [0, 0.1) is 11.8 Å². The second-order valence-electron chi connectivity index (χ2n) is 8.48. The number of aliphatic hydroxyl groups excluding tert-OH is 1. The van der Waals surface area contributed by atoms with Crippen molar-refractivity contribution in [1.82, 2.24) is 0 Å². The van der Waals surface area contributed by atoms with Gasteiger partial charge in [-0.15, -0.1) is 0 Å². The molecule has 164 valence electrons. The molecule has 1 saturated carbocycles. The molecule has 0 aromatic heterocycles. The Morgan fingerprint density at radius 3 is 1.79 bits per heavy atom. The van der Waals surface area contributed by atoms with Crippen LogP contribution in [0.15, 0.2) is 103 Å². The summed E-state index contributed by atoms with van der Waals surface area (Å²) in [6.45, 7) is -0.552. The van der Waals surface area contributed by atoms with E-state index < -0.39 is 18.4 Å². The predicted octanol–water partition coefficient (Wildman–Crippen LogP) is 5.12. The number of carbonyl (C=O) groups excluding carboxylic acids is 2. The monoisotopic (exact) mass is 436 g/mol. The zero-order chi connectivity index (χ0) is 22.8. The summed E-state index contributed by atoms with van der Waals surface area (Å²) in [7, 11) is 0. The number of fused-ring (bicyclic) bond motifs is 1. The highest BCUT2D eigenvalue weighted by molar-refractivity contribution is 5.91. The van der Waals surface area contributed by atoms with Crippen molar-refractivity contribution in [3.05, 3.63) is 114 Å². The number of benzene rings is 4. The average molecular weight is 437 g/mol. The van der Waals surface area contributed by atoms with Crippen LogP contribution in [0.3, 0.4) is 0 Å². The van der Waals surface area contributed by atoms with Crippen molar-refractivity contribution >= 4 is 22.5 Å². The molecule has 1 fully saturated rings. The Bertz CT molecular complexity index is 1240. The van der Waals surface area contributed by atoms with Crippen LogP contribution < -0.4 is 4.74 Å². The summed E-state index contributed by atoms with van der Waals surface area (Å²) >= 11 is 0. The second kappa shape index (κ2) is 9.00. The lowest BCUT2D eigenvalue weighted by Crippen LogP contribution is -2.52. The summed E-state index contributed by atoms with van der Waals surface area (Å²) < 4.78 is 5.88. The van der Waals surface area contributed by atoms with Gasteiger partial charge in [-0.25, -0.2) is 0 Å². The van der Waals surface area contributed by atoms with Crippen molar-refractivity contribution < 1.29 is 19.4 Å². The van der Waals surface area contributed by atoms with E-state index in [1.165, 1.54) is 0 Å². The van der Waals surface area contributed by atoms with Gasteiger partial charge < -0.3 is 9.84 Å². The van der Waals surface area contributed by atoms with Crippen molar-refractivity contribution in [2.45, 2.75) is 11.8 Å². The molecule has 0 bridgehead atoms. The third kappa shape index (κ3) is 3.94. The highest BCUT2D eigenvalue weighted by Gasteiger charge is 2.58. The summed E-state index contributed by atoms with van der Waals surface area (Å²) in [5.41, 5.74) is 1.80. The number of ether oxygens (including phenoxy) is 1. The van der Waals surface area contributed by atoms with Gasteiger partial charge in [-0.3, -0.25) is 9.59 Å². The molecule has 33 heavy (non-hydrogen) atoms. The Balaban J connectivity index is 1.52. The van der Waals surface area contributed by atoms with Crippen molar-refractivity contribution in [3.63, 3.8) is 0 Å². The number of carbonyl (C=O) groups is 2. The number of ketones is 1. The summed E-state index contributed by atoms with van der Waals surface area (Å²) in [6.07, 6.45) is 0. The highest BCUT2D eigenvalue weighted by atomic mass is 16.5. The number of Topliss-reactive ketones (excluding diaryl/α,β-unsaturated/α-hetero) is 1. The lowest BCUT2D eigenvalue weighted by Gasteiger charge is -2.50. The standard InChI is InChI=1S/C29H24O4/c30-18-24(31)27-25(20-10-3-1-4-11-20)28(26(27)21-12-5-2-6-13-21)29(32)33-23-16-15-19-9-7-8-14-22(19)17-23/h1-17,25-28,30H,18H2/t25-,26?,27?,28?/m0/s1. The predicted molar refractivity (Wildman–Crippen MR) is 127 cm³/mol. The van der Waals surface area contributed by atoms with E-state index in [0.29, 0.717) is 5.75 Å². The van der Waals surface area contributed by atoms with Crippen molar-refractivity contribution in [2.75, 3.05) is 6.61 Å². The van der Waals surface area contributed by atoms with Gasteiger partial charge in [-0.2, -0.15) is 0 Å². The molecule has 0 radical (unpaired) electrons. The van der Waals surface area contributed by atoms with Crippen LogP contribution in [0.1, 0.15) is 23.0 Å². The average Bonchev–Trinajstić information content (AvgIpc) is 2.84. The zero-order valence-electron chi connectivity index (χ0n) is 18.0. The van der Waals surface area contributed by atoms with Crippen LogP contribution in [-0.2, 0) is 9.59 Å². The first-order valence-corrected chi connectivity index (χ1v) is 11.1.